The zero-order valence-corrected chi connectivity index (χ0v) is 14.4. The molecule has 0 saturated carbocycles. The number of carbonyl (C=O) groups excluding carboxylic acids is 1. The summed E-state index contributed by atoms with van der Waals surface area (Å²) in [6.45, 7) is 11.6. The second-order valence-corrected chi connectivity index (χ2v) is 6.69. The summed E-state index contributed by atoms with van der Waals surface area (Å²) in [7, 11) is 5.96. The molecule has 3 N–H and O–H groups in total. The average Bonchev–Trinajstić information content (AvgIpc) is 2.33. The molecule has 5 heteroatoms. The van der Waals surface area contributed by atoms with E-state index in [0.717, 1.165) is 26.1 Å². The van der Waals surface area contributed by atoms with Gasteiger partial charge >= 0.3 is 0 Å². The lowest BCUT2D eigenvalue weighted by Gasteiger charge is -2.36. The van der Waals surface area contributed by atoms with Crippen molar-refractivity contribution in [3.05, 3.63) is 0 Å². The number of hydrogen-bond acceptors (Lipinski definition) is 4. The molecule has 0 spiro atoms. The number of hydrogen-bond donors (Lipinski definition) is 2. The molecule has 1 amide bonds. The zero-order valence-electron chi connectivity index (χ0n) is 14.4. The summed E-state index contributed by atoms with van der Waals surface area (Å²) < 4.78 is 0. The van der Waals surface area contributed by atoms with E-state index >= 15 is 0 Å². The summed E-state index contributed by atoms with van der Waals surface area (Å²) in [6, 6.07) is 0.308. The summed E-state index contributed by atoms with van der Waals surface area (Å²) in [5.74, 6) is 0.318. The number of likely N-dealkylation sites (N-methyl/N-ethyl adjacent to an activating group) is 2. The van der Waals surface area contributed by atoms with Gasteiger partial charge in [-0.1, -0.05) is 13.8 Å². The fourth-order valence-electron chi connectivity index (χ4n) is 2.33. The van der Waals surface area contributed by atoms with Crippen molar-refractivity contribution in [3.8, 4) is 0 Å². The molecule has 0 radical (unpaired) electrons. The third-order valence-corrected chi connectivity index (χ3v) is 3.86. The van der Waals surface area contributed by atoms with Crippen LogP contribution in [-0.4, -0.2) is 68.1 Å². The van der Waals surface area contributed by atoms with Gasteiger partial charge in [0.15, 0.2) is 0 Å². The third kappa shape index (κ3) is 6.68. The molecule has 0 aliphatic carbocycles. The molecule has 0 saturated heterocycles. The molecule has 120 valence electrons. The first-order valence-corrected chi connectivity index (χ1v) is 7.50. The van der Waals surface area contributed by atoms with Crippen LogP contribution in [0.15, 0.2) is 0 Å². The SMILES string of the molecule is CNC(C)(CC(C)N(CCN(C)C)CC(C)C)C(N)=O. The number of nitrogens with two attached hydrogens (primary N) is 1. The van der Waals surface area contributed by atoms with Crippen LogP contribution in [0.5, 0.6) is 0 Å². The molecule has 0 fully saturated rings. The Morgan fingerprint density at radius 1 is 1.25 bits per heavy atom. The summed E-state index contributed by atoms with van der Waals surface area (Å²) in [4.78, 5) is 16.3. The second kappa shape index (κ2) is 8.60. The van der Waals surface area contributed by atoms with Crippen molar-refractivity contribution in [2.24, 2.45) is 11.7 Å². The Kier molecular flexibility index (Phi) is 8.32. The zero-order chi connectivity index (χ0) is 15.9. The number of nitrogens with zero attached hydrogens (tertiary/aromatic N) is 2. The molecule has 2 unspecified atom stereocenters. The minimum atomic E-state index is -0.646. The normalized spacial score (nSPS) is 16.7. The van der Waals surface area contributed by atoms with E-state index in [0.29, 0.717) is 12.0 Å². The van der Waals surface area contributed by atoms with Gasteiger partial charge in [0, 0.05) is 25.7 Å². The number of rotatable bonds is 10. The maximum Gasteiger partial charge on any atom is 0.237 e. The lowest BCUT2D eigenvalue weighted by molar-refractivity contribution is -0.124. The number of amides is 1. The Morgan fingerprint density at radius 3 is 2.15 bits per heavy atom. The van der Waals surface area contributed by atoms with Gasteiger partial charge in [-0.3, -0.25) is 9.69 Å². The van der Waals surface area contributed by atoms with E-state index in [9.17, 15) is 4.79 Å². The Morgan fingerprint density at radius 2 is 1.80 bits per heavy atom. The van der Waals surface area contributed by atoms with Gasteiger partial charge in [0.2, 0.25) is 5.91 Å². The molecule has 0 aromatic rings. The largest absolute Gasteiger partial charge is 0.368 e. The lowest BCUT2D eigenvalue weighted by Crippen LogP contribution is -2.55. The summed E-state index contributed by atoms with van der Waals surface area (Å²) in [5, 5.41) is 3.07. The van der Waals surface area contributed by atoms with Crippen LogP contribution in [0.25, 0.3) is 0 Å². The monoisotopic (exact) mass is 286 g/mol. The van der Waals surface area contributed by atoms with E-state index in [-0.39, 0.29) is 5.91 Å². The molecule has 0 heterocycles. The molecule has 2 atom stereocenters. The van der Waals surface area contributed by atoms with E-state index in [4.69, 9.17) is 5.73 Å². The second-order valence-electron chi connectivity index (χ2n) is 6.69. The summed E-state index contributed by atoms with van der Waals surface area (Å²) in [5.41, 5.74) is 4.88. The van der Waals surface area contributed by atoms with Gasteiger partial charge in [-0.15, -0.1) is 0 Å². The van der Waals surface area contributed by atoms with Gasteiger partial charge < -0.3 is 16.0 Å². The van der Waals surface area contributed by atoms with Crippen molar-refractivity contribution in [3.63, 3.8) is 0 Å². The van der Waals surface area contributed by atoms with Crippen LogP contribution in [0.2, 0.25) is 0 Å². The minimum absolute atomic E-state index is 0.288. The molecule has 0 aromatic carbocycles. The average molecular weight is 286 g/mol. The predicted molar refractivity (Wildman–Crippen MR) is 85.7 cm³/mol. The maximum absolute atomic E-state index is 11.6. The van der Waals surface area contributed by atoms with E-state index in [1.54, 1.807) is 7.05 Å². The van der Waals surface area contributed by atoms with E-state index in [2.05, 4.69) is 50.0 Å². The highest BCUT2D eigenvalue weighted by molar-refractivity contribution is 5.84. The molecule has 0 aliphatic heterocycles. The highest BCUT2D eigenvalue weighted by atomic mass is 16.1. The Bertz CT molecular complexity index is 294. The first kappa shape index (κ1) is 19.4. The molecule has 20 heavy (non-hydrogen) atoms. The van der Waals surface area contributed by atoms with Gasteiger partial charge in [0.1, 0.15) is 0 Å². The van der Waals surface area contributed by atoms with Crippen molar-refractivity contribution in [2.75, 3.05) is 40.8 Å². The van der Waals surface area contributed by atoms with Crippen molar-refractivity contribution < 1.29 is 4.79 Å². The van der Waals surface area contributed by atoms with Crippen LogP contribution in [0.1, 0.15) is 34.1 Å². The number of carbonyl (C=O) groups is 1. The first-order chi connectivity index (χ1) is 9.12. The fraction of sp³-hybridized carbons (Fsp3) is 0.933. The van der Waals surface area contributed by atoms with Gasteiger partial charge in [-0.25, -0.2) is 0 Å². The molecule has 0 aliphatic rings. The van der Waals surface area contributed by atoms with Crippen LogP contribution in [0.3, 0.4) is 0 Å². The minimum Gasteiger partial charge on any atom is -0.368 e. The third-order valence-electron chi connectivity index (χ3n) is 3.86. The summed E-state index contributed by atoms with van der Waals surface area (Å²) in [6.07, 6.45) is 0.721. The lowest BCUT2D eigenvalue weighted by atomic mass is 9.92. The standard InChI is InChI=1S/C15H34N4O/c1-12(2)11-19(9-8-18(6)7)13(3)10-15(4,17-5)14(16)20/h12-13,17H,8-11H2,1-7H3,(H2,16,20). The van der Waals surface area contributed by atoms with Crippen molar-refractivity contribution in [2.45, 2.75) is 45.7 Å². The molecule has 0 rings (SSSR count). The molecular weight excluding hydrogens is 252 g/mol. The highest BCUT2D eigenvalue weighted by Gasteiger charge is 2.32. The smallest absolute Gasteiger partial charge is 0.237 e. The van der Waals surface area contributed by atoms with Crippen LogP contribution in [0, 0.1) is 5.92 Å². The highest BCUT2D eigenvalue weighted by Crippen LogP contribution is 2.17. The quantitative estimate of drug-likeness (QED) is 0.622. The van der Waals surface area contributed by atoms with Gasteiger partial charge in [0.25, 0.3) is 0 Å². The number of nitrogens with one attached hydrogen (secondary N) is 1. The van der Waals surface area contributed by atoms with Crippen LogP contribution in [-0.2, 0) is 4.79 Å². The van der Waals surface area contributed by atoms with Crippen LogP contribution >= 0.6 is 0 Å². The maximum atomic E-state index is 11.6. The van der Waals surface area contributed by atoms with Crippen LogP contribution < -0.4 is 11.1 Å². The Hall–Kier alpha value is -0.650. The Balaban J connectivity index is 4.75. The van der Waals surface area contributed by atoms with Crippen molar-refractivity contribution >= 4 is 5.91 Å². The topological polar surface area (TPSA) is 61.6 Å². The summed E-state index contributed by atoms with van der Waals surface area (Å²) >= 11 is 0. The number of primary amides is 1. The van der Waals surface area contributed by atoms with Crippen molar-refractivity contribution in [1.82, 2.24) is 15.1 Å². The van der Waals surface area contributed by atoms with E-state index < -0.39 is 5.54 Å². The van der Waals surface area contributed by atoms with Gasteiger partial charge in [-0.2, -0.15) is 0 Å². The van der Waals surface area contributed by atoms with Crippen molar-refractivity contribution in [1.29, 1.82) is 0 Å². The van der Waals surface area contributed by atoms with E-state index in [1.165, 1.54) is 0 Å². The van der Waals surface area contributed by atoms with Crippen LogP contribution in [0.4, 0.5) is 0 Å². The Labute approximate surface area is 124 Å². The van der Waals surface area contributed by atoms with Gasteiger partial charge in [0.05, 0.1) is 5.54 Å². The first-order valence-electron chi connectivity index (χ1n) is 7.50. The molecule has 0 aromatic heterocycles. The molecule has 5 nitrogen and oxygen atoms in total. The molecule has 0 bridgehead atoms. The van der Waals surface area contributed by atoms with E-state index in [1.807, 2.05) is 6.92 Å². The van der Waals surface area contributed by atoms with Gasteiger partial charge in [-0.05, 0) is 47.3 Å². The predicted octanol–water partition coefficient (Wildman–Crippen LogP) is 0.748. The molecular formula is C15H34N4O. The fourth-order valence-corrected chi connectivity index (χ4v) is 2.33.